The van der Waals surface area contributed by atoms with Crippen molar-refractivity contribution in [2.24, 2.45) is 0 Å². The molecule has 0 radical (unpaired) electrons. The highest BCUT2D eigenvalue weighted by atomic mass is 16.4. The number of rotatable bonds is 7. The summed E-state index contributed by atoms with van der Waals surface area (Å²) in [5.74, 6) is -1.02. The number of benzene rings is 1. The SMILES string of the molecule is CCCCCN(C)C(=O)c1cc(C=CC(=O)O)ccc1C. The number of aryl methyl sites for hydroxylation is 1. The molecule has 21 heavy (non-hydrogen) atoms. The van der Waals surface area contributed by atoms with E-state index in [1.165, 1.54) is 6.08 Å². The predicted octanol–water partition coefficient (Wildman–Crippen LogP) is 3.36. The van der Waals surface area contributed by atoms with E-state index < -0.39 is 5.97 Å². The molecule has 1 aromatic carbocycles. The fourth-order valence-electron chi connectivity index (χ4n) is 2.05. The zero-order valence-corrected chi connectivity index (χ0v) is 12.9. The van der Waals surface area contributed by atoms with E-state index in [1.807, 2.05) is 19.1 Å². The highest BCUT2D eigenvalue weighted by molar-refractivity contribution is 5.96. The summed E-state index contributed by atoms with van der Waals surface area (Å²) in [6.45, 7) is 4.75. The highest BCUT2D eigenvalue weighted by Crippen LogP contribution is 2.15. The zero-order chi connectivity index (χ0) is 15.8. The number of amides is 1. The van der Waals surface area contributed by atoms with Crippen LogP contribution in [-0.2, 0) is 4.79 Å². The molecule has 0 aliphatic heterocycles. The molecule has 4 nitrogen and oxygen atoms in total. The summed E-state index contributed by atoms with van der Waals surface area (Å²) in [5, 5.41) is 8.65. The van der Waals surface area contributed by atoms with Crippen LogP contribution in [-0.4, -0.2) is 35.5 Å². The molecule has 1 rings (SSSR count). The molecule has 0 saturated heterocycles. The number of carboxylic acid groups (broad SMARTS) is 1. The van der Waals surface area contributed by atoms with Crippen LogP contribution in [0.4, 0.5) is 0 Å². The van der Waals surface area contributed by atoms with Crippen LogP contribution in [0.2, 0.25) is 0 Å². The van der Waals surface area contributed by atoms with Crippen molar-refractivity contribution in [2.75, 3.05) is 13.6 Å². The van der Waals surface area contributed by atoms with Crippen molar-refractivity contribution >= 4 is 18.0 Å². The van der Waals surface area contributed by atoms with Crippen molar-refractivity contribution in [1.29, 1.82) is 0 Å². The van der Waals surface area contributed by atoms with Gasteiger partial charge in [0.15, 0.2) is 0 Å². The molecule has 0 aliphatic carbocycles. The van der Waals surface area contributed by atoms with Crippen LogP contribution in [0.1, 0.15) is 47.7 Å². The van der Waals surface area contributed by atoms with E-state index in [4.69, 9.17) is 5.11 Å². The number of unbranched alkanes of at least 4 members (excludes halogenated alkanes) is 2. The van der Waals surface area contributed by atoms with Gasteiger partial charge in [0, 0.05) is 25.2 Å². The number of carboxylic acids is 1. The summed E-state index contributed by atoms with van der Waals surface area (Å²) in [4.78, 5) is 24.7. The average Bonchev–Trinajstić information content (AvgIpc) is 2.45. The Bertz CT molecular complexity index is 535. The summed E-state index contributed by atoms with van der Waals surface area (Å²) in [7, 11) is 1.80. The highest BCUT2D eigenvalue weighted by Gasteiger charge is 2.14. The molecule has 1 amide bonds. The number of hydrogen-bond donors (Lipinski definition) is 1. The Kier molecular flexibility index (Phi) is 6.66. The van der Waals surface area contributed by atoms with E-state index >= 15 is 0 Å². The molecule has 0 aromatic heterocycles. The average molecular weight is 289 g/mol. The van der Waals surface area contributed by atoms with Gasteiger partial charge < -0.3 is 10.0 Å². The third-order valence-corrected chi connectivity index (χ3v) is 3.35. The Morgan fingerprint density at radius 1 is 1.29 bits per heavy atom. The van der Waals surface area contributed by atoms with E-state index in [0.29, 0.717) is 11.1 Å². The first-order valence-corrected chi connectivity index (χ1v) is 7.22. The third kappa shape index (κ3) is 5.42. The molecular formula is C17H23NO3. The van der Waals surface area contributed by atoms with Crippen LogP contribution in [0.15, 0.2) is 24.3 Å². The number of nitrogens with zero attached hydrogens (tertiary/aromatic N) is 1. The van der Waals surface area contributed by atoms with Crippen molar-refractivity contribution in [3.63, 3.8) is 0 Å². The first-order valence-electron chi connectivity index (χ1n) is 7.22. The lowest BCUT2D eigenvalue weighted by Gasteiger charge is -2.18. The molecule has 0 spiro atoms. The van der Waals surface area contributed by atoms with Crippen LogP contribution in [0.3, 0.4) is 0 Å². The molecule has 1 aromatic rings. The van der Waals surface area contributed by atoms with Gasteiger partial charge in [0.2, 0.25) is 0 Å². The first kappa shape index (κ1) is 17.0. The van der Waals surface area contributed by atoms with E-state index in [-0.39, 0.29) is 5.91 Å². The molecule has 0 bridgehead atoms. The van der Waals surface area contributed by atoms with Crippen LogP contribution in [0.5, 0.6) is 0 Å². The minimum absolute atomic E-state index is 0.0193. The molecule has 0 aliphatic rings. The minimum Gasteiger partial charge on any atom is -0.478 e. The summed E-state index contributed by atoms with van der Waals surface area (Å²) in [6.07, 6.45) is 5.80. The van der Waals surface area contributed by atoms with Gasteiger partial charge in [-0.05, 0) is 36.6 Å². The van der Waals surface area contributed by atoms with Crippen molar-refractivity contribution in [3.05, 3.63) is 41.0 Å². The maximum absolute atomic E-state index is 12.4. The molecule has 0 saturated carbocycles. The van der Waals surface area contributed by atoms with Crippen LogP contribution >= 0.6 is 0 Å². The van der Waals surface area contributed by atoms with Gasteiger partial charge in [0.25, 0.3) is 5.91 Å². The second-order valence-corrected chi connectivity index (χ2v) is 5.18. The standard InChI is InChI=1S/C17H23NO3/c1-4-5-6-11-18(3)17(21)15-12-14(8-7-13(15)2)9-10-16(19)20/h7-10,12H,4-6,11H2,1-3H3,(H,19,20). The normalized spacial score (nSPS) is 10.8. The lowest BCUT2D eigenvalue weighted by Crippen LogP contribution is -2.28. The van der Waals surface area contributed by atoms with Gasteiger partial charge >= 0.3 is 5.97 Å². The first-order chi connectivity index (χ1) is 9.95. The zero-order valence-electron chi connectivity index (χ0n) is 12.9. The van der Waals surface area contributed by atoms with Crippen molar-refractivity contribution in [1.82, 2.24) is 4.90 Å². The number of hydrogen-bond acceptors (Lipinski definition) is 2. The number of aliphatic carboxylic acids is 1. The maximum atomic E-state index is 12.4. The maximum Gasteiger partial charge on any atom is 0.328 e. The summed E-state index contributed by atoms with van der Waals surface area (Å²) < 4.78 is 0. The van der Waals surface area contributed by atoms with Gasteiger partial charge in [-0.3, -0.25) is 4.79 Å². The van der Waals surface area contributed by atoms with E-state index in [2.05, 4.69) is 6.92 Å². The van der Waals surface area contributed by atoms with Gasteiger partial charge in [-0.1, -0.05) is 31.9 Å². The number of carbonyl (C=O) groups is 2. The Morgan fingerprint density at radius 2 is 2.00 bits per heavy atom. The molecule has 1 N–H and O–H groups in total. The van der Waals surface area contributed by atoms with Gasteiger partial charge in [-0.2, -0.15) is 0 Å². The van der Waals surface area contributed by atoms with Gasteiger partial charge in [0.1, 0.15) is 0 Å². The largest absolute Gasteiger partial charge is 0.478 e. The lowest BCUT2D eigenvalue weighted by molar-refractivity contribution is -0.131. The van der Waals surface area contributed by atoms with E-state index in [9.17, 15) is 9.59 Å². The fraction of sp³-hybridized carbons (Fsp3) is 0.412. The van der Waals surface area contributed by atoms with Crippen molar-refractivity contribution in [3.8, 4) is 0 Å². The quantitative estimate of drug-likeness (QED) is 0.618. The van der Waals surface area contributed by atoms with Crippen LogP contribution in [0.25, 0.3) is 6.08 Å². The van der Waals surface area contributed by atoms with Crippen molar-refractivity contribution < 1.29 is 14.7 Å². The lowest BCUT2D eigenvalue weighted by atomic mass is 10.0. The second kappa shape index (κ2) is 8.25. The topological polar surface area (TPSA) is 57.6 Å². The summed E-state index contributed by atoms with van der Waals surface area (Å²) in [5.41, 5.74) is 2.24. The van der Waals surface area contributed by atoms with Gasteiger partial charge in [-0.25, -0.2) is 4.79 Å². The predicted molar refractivity (Wildman–Crippen MR) is 84.3 cm³/mol. The summed E-state index contributed by atoms with van der Waals surface area (Å²) in [6, 6.07) is 5.39. The van der Waals surface area contributed by atoms with E-state index in [0.717, 1.165) is 37.4 Å². The van der Waals surface area contributed by atoms with E-state index in [1.54, 1.807) is 18.0 Å². The van der Waals surface area contributed by atoms with Crippen LogP contribution < -0.4 is 0 Å². The molecule has 0 heterocycles. The fourth-order valence-corrected chi connectivity index (χ4v) is 2.05. The Labute approximate surface area is 126 Å². The minimum atomic E-state index is -1.000. The Morgan fingerprint density at radius 3 is 2.62 bits per heavy atom. The molecular weight excluding hydrogens is 266 g/mol. The molecule has 0 unspecified atom stereocenters. The second-order valence-electron chi connectivity index (χ2n) is 5.18. The monoisotopic (exact) mass is 289 g/mol. The number of carbonyl (C=O) groups excluding carboxylic acids is 1. The Balaban J connectivity index is 2.87. The summed E-state index contributed by atoms with van der Waals surface area (Å²) >= 11 is 0. The smallest absolute Gasteiger partial charge is 0.328 e. The Hall–Kier alpha value is -2.10. The molecule has 0 atom stereocenters. The van der Waals surface area contributed by atoms with Gasteiger partial charge in [-0.15, -0.1) is 0 Å². The molecule has 0 fully saturated rings. The van der Waals surface area contributed by atoms with Crippen LogP contribution in [0, 0.1) is 6.92 Å². The third-order valence-electron chi connectivity index (χ3n) is 3.35. The molecule has 4 heteroatoms. The molecule has 114 valence electrons. The van der Waals surface area contributed by atoms with Crippen molar-refractivity contribution in [2.45, 2.75) is 33.1 Å². The van der Waals surface area contributed by atoms with Gasteiger partial charge in [0.05, 0.1) is 0 Å².